The zero-order valence-electron chi connectivity index (χ0n) is 11.9. The highest BCUT2D eigenvalue weighted by Gasteiger charge is 2.32. The summed E-state index contributed by atoms with van der Waals surface area (Å²) in [5.41, 5.74) is 6.90. The van der Waals surface area contributed by atoms with Gasteiger partial charge in [-0.25, -0.2) is 0 Å². The van der Waals surface area contributed by atoms with E-state index in [4.69, 9.17) is 10.8 Å². The molecular weight excluding hydrogens is 311 g/mol. The molecule has 0 saturated carbocycles. The predicted molar refractivity (Wildman–Crippen MR) is 77.7 cm³/mol. The van der Waals surface area contributed by atoms with E-state index in [9.17, 15) is 18.0 Å². The average molecular weight is 325 g/mol. The van der Waals surface area contributed by atoms with Gasteiger partial charge >= 0.3 is 12.3 Å². The van der Waals surface area contributed by atoms with Crippen LogP contribution in [0.2, 0.25) is 0 Å². The molecule has 7 heteroatoms. The molecule has 1 unspecified atom stereocenters. The Morgan fingerprint density at radius 1 is 1.17 bits per heavy atom. The molecule has 2 aromatic rings. The number of carbonyl (C=O) groups is 1. The van der Waals surface area contributed by atoms with E-state index >= 15 is 0 Å². The molecule has 122 valence electrons. The Morgan fingerprint density at radius 3 is 2.39 bits per heavy atom. The van der Waals surface area contributed by atoms with E-state index in [1.165, 1.54) is 12.1 Å². The van der Waals surface area contributed by atoms with Gasteiger partial charge in [0, 0.05) is 11.6 Å². The Morgan fingerprint density at radius 2 is 1.83 bits per heavy atom. The van der Waals surface area contributed by atoms with Crippen LogP contribution in [0, 0.1) is 0 Å². The summed E-state index contributed by atoms with van der Waals surface area (Å²) < 4.78 is 41.7. The minimum atomic E-state index is -4.83. The van der Waals surface area contributed by atoms with Crippen LogP contribution in [0.5, 0.6) is 5.75 Å². The number of ether oxygens (including phenoxy) is 1. The SMILES string of the molecule is NC(CC(=O)O)c1ccc(OC(F)(F)F)c(-c2ccccc2)c1. The van der Waals surface area contributed by atoms with Crippen molar-refractivity contribution in [2.75, 3.05) is 0 Å². The van der Waals surface area contributed by atoms with Crippen LogP contribution >= 0.6 is 0 Å². The molecule has 3 N–H and O–H groups in total. The van der Waals surface area contributed by atoms with Crippen LogP contribution in [0.25, 0.3) is 11.1 Å². The second-order valence-corrected chi connectivity index (χ2v) is 4.87. The highest BCUT2D eigenvalue weighted by atomic mass is 19.4. The van der Waals surface area contributed by atoms with Crippen molar-refractivity contribution in [3.05, 3.63) is 54.1 Å². The van der Waals surface area contributed by atoms with Gasteiger partial charge in [0.25, 0.3) is 0 Å². The third-order valence-corrected chi connectivity index (χ3v) is 3.14. The van der Waals surface area contributed by atoms with Crippen molar-refractivity contribution < 1.29 is 27.8 Å². The fraction of sp³-hybridized carbons (Fsp3) is 0.188. The first-order valence-corrected chi connectivity index (χ1v) is 6.69. The van der Waals surface area contributed by atoms with Crippen LogP contribution in [0.4, 0.5) is 13.2 Å². The van der Waals surface area contributed by atoms with Gasteiger partial charge in [0.2, 0.25) is 0 Å². The van der Waals surface area contributed by atoms with E-state index in [-0.39, 0.29) is 17.7 Å². The van der Waals surface area contributed by atoms with Crippen molar-refractivity contribution >= 4 is 5.97 Å². The number of benzene rings is 2. The molecule has 0 radical (unpaired) electrons. The van der Waals surface area contributed by atoms with Gasteiger partial charge in [-0.05, 0) is 23.3 Å². The van der Waals surface area contributed by atoms with E-state index in [1.54, 1.807) is 30.3 Å². The molecule has 0 heterocycles. The van der Waals surface area contributed by atoms with Gasteiger partial charge in [-0.1, -0.05) is 36.4 Å². The molecule has 0 aliphatic heterocycles. The first-order valence-electron chi connectivity index (χ1n) is 6.69. The van der Waals surface area contributed by atoms with E-state index in [2.05, 4.69) is 4.74 Å². The van der Waals surface area contributed by atoms with Gasteiger partial charge in [0.15, 0.2) is 0 Å². The topological polar surface area (TPSA) is 72.6 Å². The van der Waals surface area contributed by atoms with Crippen molar-refractivity contribution in [1.29, 1.82) is 0 Å². The van der Waals surface area contributed by atoms with E-state index in [0.717, 1.165) is 6.07 Å². The number of halogens is 3. The summed E-state index contributed by atoms with van der Waals surface area (Å²) in [5, 5.41) is 8.79. The summed E-state index contributed by atoms with van der Waals surface area (Å²) in [7, 11) is 0. The van der Waals surface area contributed by atoms with E-state index < -0.39 is 18.4 Å². The zero-order chi connectivity index (χ0) is 17.0. The first kappa shape index (κ1) is 16.8. The predicted octanol–water partition coefficient (Wildman–Crippen LogP) is 3.73. The van der Waals surface area contributed by atoms with Crippen molar-refractivity contribution in [2.45, 2.75) is 18.8 Å². The van der Waals surface area contributed by atoms with Gasteiger partial charge in [0.05, 0.1) is 6.42 Å². The molecule has 0 aliphatic carbocycles. The number of hydrogen-bond acceptors (Lipinski definition) is 3. The summed E-state index contributed by atoms with van der Waals surface area (Å²) >= 11 is 0. The largest absolute Gasteiger partial charge is 0.573 e. The Bertz CT molecular complexity index is 687. The molecule has 0 saturated heterocycles. The summed E-state index contributed by atoms with van der Waals surface area (Å²) in [6, 6.07) is 11.4. The quantitative estimate of drug-likeness (QED) is 0.878. The van der Waals surface area contributed by atoms with Crippen LogP contribution in [0.1, 0.15) is 18.0 Å². The molecular formula is C16H14F3NO3. The number of nitrogens with two attached hydrogens (primary N) is 1. The molecule has 0 spiro atoms. The fourth-order valence-electron chi connectivity index (χ4n) is 2.14. The smallest absolute Gasteiger partial charge is 0.481 e. The van der Waals surface area contributed by atoms with E-state index in [1.807, 2.05) is 0 Å². The zero-order valence-corrected chi connectivity index (χ0v) is 11.9. The molecule has 0 aromatic heterocycles. The number of rotatable bonds is 5. The molecule has 0 aliphatic rings. The molecule has 0 amide bonds. The molecule has 1 atom stereocenters. The normalized spacial score (nSPS) is 12.7. The lowest BCUT2D eigenvalue weighted by atomic mass is 9.97. The molecule has 23 heavy (non-hydrogen) atoms. The highest BCUT2D eigenvalue weighted by Crippen LogP contribution is 2.35. The molecule has 2 aromatic carbocycles. The molecule has 0 bridgehead atoms. The van der Waals surface area contributed by atoms with Crippen LogP contribution in [0.3, 0.4) is 0 Å². The number of carboxylic acids is 1. The third kappa shape index (κ3) is 4.72. The maximum atomic E-state index is 12.5. The molecule has 0 fully saturated rings. The first-order chi connectivity index (χ1) is 10.8. The van der Waals surface area contributed by atoms with Crippen LogP contribution < -0.4 is 10.5 Å². The second-order valence-electron chi connectivity index (χ2n) is 4.87. The Balaban J connectivity index is 2.46. The van der Waals surface area contributed by atoms with Crippen molar-refractivity contribution in [1.82, 2.24) is 0 Å². The minimum Gasteiger partial charge on any atom is -0.481 e. The fourth-order valence-corrected chi connectivity index (χ4v) is 2.14. The Hall–Kier alpha value is -2.54. The van der Waals surface area contributed by atoms with Crippen LogP contribution in [0.15, 0.2) is 48.5 Å². The second kappa shape index (κ2) is 6.70. The van der Waals surface area contributed by atoms with Crippen molar-refractivity contribution in [2.24, 2.45) is 5.73 Å². The average Bonchev–Trinajstić information content (AvgIpc) is 2.46. The standard InChI is InChI=1S/C16H14F3NO3/c17-16(18,19)23-14-7-6-11(13(20)9-15(21)22)8-12(14)10-4-2-1-3-5-10/h1-8,13H,9,20H2,(H,21,22). The molecule has 2 rings (SSSR count). The van der Waals surface area contributed by atoms with Crippen LogP contribution in [-0.2, 0) is 4.79 Å². The Kier molecular flexibility index (Phi) is 4.90. The van der Waals surface area contributed by atoms with E-state index in [0.29, 0.717) is 11.1 Å². The maximum absolute atomic E-state index is 12.5. The van der Waals surface area contributed by atoms with Gasteiger partial charge in [-0.2, -0.15) is 0 Å². The van der Waals surface area contributed by atoms with Crippen molar-refractivity contribution in [3.8, 4) is 16.9 Å². The minimum absolute atomic E-state index is 0.196. The summed E-state index contributed by atoms with van der Waals surface area (Å²) in [5.74, 6) is -1.45. The lowest BCUT2D eigenvalue weighted by molar-refractivity contribution is -0.274. The lowest BCUT2D eigenvalue weighted by Gasteiger charge is -2.17. The van der Waals surface area contributed by atoms with Gasteiger partial charge in [-0.15, -0.1) is 13.2 Å². The number of alkyl halides is 3. The van der Waals surface area contributed by atoms with Gasteiger partial charge in [-0.3, -0.25) is 4.79 Å². The van der Waals surface area contributed by atoms with Crippen LogP contribution in [-0.4, -0.2) is 17.4 Å². The lowest BCUT2D eigenvalue weighted by Crippen LogP contribution is -2.18. The number of aliphatic carboxylic acids is 1. The molecule has 4 nitrogen and oxygen atoms in total. The number of carboxylic acid groups (broad SMARTS) is 1. The Labute approximate surface area is 130 Å². The summed E-state index contributed by atoms with van der Waals surface area (Å²) in [6.07, 6.45) is -5.15. The summed E-state index contributed by atoms with van der Waals surface area (Å²) in [4.78, 5) is 10.7. The van der Waals surface area contributed by atoms with Gasteiger partial charge in [0.1, 0.15) is 5.75 Å². The number of hydrogen-bond donors (Lipinski definition) is 2. The van der Waals surface area contributed by atoms with Gasteiger partial charge < -0.3 is 15.6 Å². The maximum Gasteiger partial charge on any atom is 0.573 e. The van der Waals surface area contributed by atoms with Crippen molar-refractivity contribution in [3.63, 3.8) is 0 Å². The third-order valence-electron chi connectivity index (χ3n) is 3.14. The highest BCUT2D eigenvalue weighted by molar-refractivity contribution is 5.72. The summed E-state index contributed by atoms with van der Waals surface area (Å²) in [6.45, 7) is 0. The monoisotopic (exact) mass is 325 g/mol.